The largest absolute Gasteiger partial charge is 0.356 e. The molecule has 152 valence electrons. The summed E-state index contributed by atoms with van der Waals surface area (Å²) in [5.74, 6) is 3.40. The third-order valence-corrected chi connectivity index (χ3v) is 5.96. The maximum atomic E-state index is 13.6. The van der Waals surface area contributed by atoms with Crippen LogP contribution >= 0.6 is 11.8 Å². The van der Waals surface area contributed by atoms with Gasteiger partial charge in [-0.1, -0.05) is 12.1 Å². The number of aromatic nitrogens is 3. The Hall–Kier alpha value is -2.09. The van der Waals surface area contributed by atoms with E-state index < -0.39 is 0 Å². The van der Waals surface area contributed by atoms with E-state index in [1.807, 2.05) is 36.4 Å². The summed E-state index contributed by atoms with van der Waals surface area (Å²) in [5.41, 5.74) is 1.07. The molecule has 0 radical (unpaired) electrons. The number of benzene rings is 1. The van der Waals surface area contributed by atoms with E-state index in [9.17, 15) is 4.39 Å². The number of nitrogens with one attached hydrogen (secondary N) is 2. The predicted molar refractivity (Wildman–Crippen MR) is 113 cm³/mol. The highest BCUT2D eigenvalue weighted by molar-refractivity contribution is 7.98. The molecule has 0 aliphatic heterocycles. The topological polar surface area (TPSA) is 67.1 Å². The van der Waals surface area contributed by atoms with Crippen molar-refractivity contribution in [2.75, 3.05) is 25.1 Å². The molecule has 0 amide bonds. The number of halogens is 1. The molecule has 1 aliphatic carbocycles. The number of aryl methyl sites for hydroxylation is 1. The van der Waals surface area contributed by atoms with Gasteiger partial charge < -0.3 is 15.2 Å². The number of rotatable bonds is 9. The first-order chi connectivity index (χ1) is 13.5. The van der Waals surface area contributed by atoms with E-state index in [2.05, 4.69) is 27.1 Å². The first-order valence-electron chi connectivity index (χ1n) is 9.66. The van der Waals surface area contributed by atoms with Gasteiger partial charge >= 0.3 is 0 Å². The summed E-state index contributed by atoms with van der Waals surface area (Å²) in [6.07, 6.45) is 5.30. The van der Waals surface area contributed by atoms with Gasteiger partial charge in [-0.3, -0.25) is 0 Å². The number of thioether (sulfide) groups is 1. The fourth-order valence-corrected chi connectivity index (χ4v) is 3.56. The minimum Gasteiger partial charge on any atom is -0.356 e. The van der Waals surface area contributed by atoms with Crippen LogP contribution in [0, 0.1) is 12.7 Å². The Labute approximate surface area is 170 Å². The van der Waals surface area contributed by atoms with Crippen molar-refractivity contribution in [1.82, 2.24) is 25.4 Å². The molecule has 2 N–H and O–H groups in total. The molecule has 0 saturated heterocycles. The van der Waals surface area contributed by atoms with Gasteiger partial charge in [0.2, 0.25) is 0 Å². The second-order valence-electron chi connectivity index (χ2n) is 7.30. The standard InChI is InChI=1S/C20H29FN6S/c1-15-25-26-18(27(15)2)13-23-19(22-10-5-11-28-3)24-14-20(8-9-20)16-6-4-7-17(21)12-16/h4,6-7,12H,5,8-11,13-14H2,1-3H3,(H2,22,23,24). The molecule has 0 spiro atoms. The van der Waals surface area contributed by atoms with Crippen LogP contribution in [0.2, 0.25) is 0 Å². The number of aliphatic imine (C=N–C) groups is 1. The normalized spacial score (nSPS) is 15.5. The van der Waals surface area contributed by atoms with Crippen LogP contribution in [-0.4, -0.2) is 45.8 Å². The smallest absolute Gasteiger partial charge is 0.191 e. The highest BCUT2D eigenvalue weighted by Gasteiger charge is 2.44. The summed E-state index contributed by atoms with van der Waals surface area (Å²) in [4.78, 5) is 4.70. The first kappa shape index (κ1) is 20.6. The summed E-state index contributed by atoms with van der Waals surface area (Å²) in [6, 6.07) is 6.95. The predicted octanol–water partition coefficient (Wildman–Crippen LogP) is 2.78. The van der Waals surface area contributed by atoms with Crippen LogP contribution < -0.4 is 10.6 Å². The monoisotopic (exact) mass is 404 g/mol. The van der Waals surface area contributed by atoms with Gasteiger partial charge in [0.1, 0.15) is 18.2 Å². The molecule has 1 heterocycles. The zero-order valence-electron chi connectivity index (χ0n) is 16.8. The number of guanidine groups is 1. The molecule has 1 fully saturated rings. The highest BCUT2D eigenvalue weighted by Crippen LogP contribution is 2.47. The van der Waals surface area contributed by atoms with Gasteiger partial charge in [0.25, 0.3) is 0 Å². The second-order valence-corrected chi connectivity index (χ2v) is 8.29. The molecular formula is C20H29FN6S. The molecule has 28 heavy (non-hydrogen) atoms. The van der Waals surface area contributed by atoms with E-state index >= 15 is 0 Å². The summed E-state index contributed by atoms with van der Waals surface area (Å²) in [6.45, 7) is 3.98. The van der Waals surface area contributed by atoms with Crippen molar-refractivity contribution in [3.8, 4) is 0 Å². The zero-order chi connectivity index (χ0) is 20.0. The molecule has 0 unspecified atom stereocenters. The van der Waals surface area contributed by atoms with Crippen molar-refractivity contribution in [1.29, 1.82) is 0 Å². The summed E-state index contributed by atoms with van der Waals surface area (Å²) in [5, 5.41) is 15.1. The molecular weight excluding hydrogens is 375 g/mol. The lowest BCUT2D eigenvalue weighted by Gasteiger charge is -2.19. The Morgan fingerprint density at radius 1 is 1.32 bits per heavy atom. The van der Waals surface area contributed by atoms with Gasteiger partial charge in [-0.05, 0) is 55.9 Å². The van der Waals surface area contributed by atoms with Crippen molar-refractivity contribution in [2.24, 2.45) is 12.0 Å². The molecule has 3 rings (SSSR count). The van der Waals surface area contributed by atoms with Crippen LogP contribution in [0.1, 0.15) is 36.5 Å². The Balaban J connectivity index is 1.64. The van der Waals surface area contributed by atoms with E-state index in [0.29, 0.717) is 6.54 Å². The van der Waals surface area contributed by atoms with Crippen LogP contribution in [0.5, 0.6) is 0 Å². The van der Waals surface area contributed by atoms with E-state index in [1.54, 1.807) is 12.1 Å². The van der Waals surface area contributed by atoms with Crippen molar-refractivity contribution in [2.45, 2.75) is 38.1 Å². The summed E-state index contributed by atoms with van der Waals surface area (Å²) in [7, 11) is 1.95. The third-order valence-electron chi connectivity index (χ3n) is 5.26. The lowest BCUT2D eigenvalue weighted by Crippen LogP contribution is -2.42. The van der Waals surface area contributed by atoms with Gasteiger partial charge in [-0.25, -0.2) is 9.38 Å². The maximum absolute atomic E-state index is 13.6. The molecule has 1 aromatic heterocycles. The molecule has 6 nitrogen and oxygen atoms in total. The van der Waals surface area contributed by atoms with Crippen LogP contribution in [0.25, 0.3) is 0 Å². The molecule has 0 bridgehead atoms. The van der Waals surface area contributed by atoms with E-state index in [-0.39, 0.29) is 11.2 Å². The molecule has 1 saturated carbocycles. The van der Waals surface area contributed by atoms with Gasteiger partial charge in [0.15, 0.2) is 11.8 Å². The molecule has 1 aliphatic rings. The summed E-state index contributed by atoms with van der Waals surface area (Å²) >= 11 is 1.84. The number of hydrogen-bond donors (Lipinski definition) is 2. The average Bonchev–Trinajstić information content (AvgIpc) is 3.42. The lowest BCUT2D eigenvalue weighted by molar-refractivity contribution is 0.606. The Morgan fingerprint density at radius 2 is 2.14 bits per heavy atom. The third kappa shape index (κ3) is 5.25. The fourth-order valence-electron chi connectivity index (χ4n) is 3.13. The quantitative estimate of drug-likeness (QED) is 0.382. The van der Waals surface area contributed by atoms with Gasteiger partial charge in [0.05, 0.1) is 0 Å². The average molecular weight is 405 g/mol. The lowest BCUT2D eigenvalue weighted by atomic mass is 9.96. The van der Waals surface area contributed by atoms with Crippen LogP contribution in [0.3, 0.4) is 0 Å². The van der Waals surface area contributed by atoms with Crippen LogP contribution in [0.15, 0.2) is 29.3 Å². The van der Waals surface area contributed by atoms with Crippen LogP contribution in [0.4, 0.5) is 4.39 Å². The number of hydrogen-bond acceptors (Lipinski definition) is 4. The Bertz CT molecular complexity index is 815. The van der Waals surface area contributed by atoms with Crippen molar-refractivity contribution in [3.05, 3.63) is 47.3 Å². The van der Waals surface area contributed by atoms with Crippen molar-refractivity contribution < 1.29 is 4.39 Å². The van der Waals surface area contributed by atoms with E-state index in [4.69, 9.17) is 4.99 Å². The van der Waals surface area contributed by atoms with Crippen molar-refractivity contribution >= 4 is 17.7 Å². The summed E-state index contributed by atoms with van der Waals surface area (Å²) < 4.78 is 15.6. The van der Waals surface area contributed by atoms with Gasteiger partial charge in [-0.2, -0.15) is 11.8 Å². The van der Waals surface area contributed by atoms with Gasteiger partial charge in [-0.15, -0.1) is 10.2 Å². The Morgan fingerprint density at radius 3 is 2.79 bits per heavy atom. The van der Waals surface area contributed by atoms with E-state index in [0.717, 1.165) is 61.3 Å². The Kier molecular flexibility index (Phi) is 6.93. The molecule has 8 heteroatoms. The minimum absolute atomic E-state index is 0.00515. The number of nitrogens with zero attached hydrogens (tertiary/aromatic N) is 4. The van der Waals surface area contributed by atoms with Crippen LogP contribution in [-0.2, 0) is 19.0 Å². The molecule has 2 aromatic rings. The minimum atomic E-state index is -0.175. The highest BCUT2D eigenvalue weighted by atomic mass is 32.2. The second kappa shape index (κ2) is 9.41. The first-order valence-corrected chi connectivity index (χ1v) is 11.1. The van der Waals surface area contributed by atoms with Crippen molar-refractivity contribution in [3.63, 3.8) is 0 Å². The van der Waals surface area contributed by atoms with E-state index in [1.165, 1.54) is 6.07 Å². The molecule has 1 aromatic carbocycles. The molecule has 0 atom stereocenters. The fraction of sp³-hybridized carbons (Fsp3) is 0.550. The zero-order valence-corrected chi connectivity index (χ0v) is 17.7. The van der Waals surface area contributed by atoms with Gasteiger partial charge in [0, 0.05) is 25.6 Å². The SMILES string of the molecule is CSCCCNC(=NCc1nnc(C)n1C)NCC1(c2cccc(F)c2)CC1. The maximum Gasteiger partial charge on any atom is 0.191 e.